The van der Waals surface area contributed by atoms with Crippen LogP contribution < -0.4 is 10.9 Å². The molecular formula is C23H33N5O3S2. The molecule has 8 nitrogen and oxygen atoms in total. The summed E-state index contributed by atoms with van der Waals surface area (Å²) >= 11 is 2.91. The van der Waals surface area contributed by atoms with E-state index in [2.05, 4.69) is 10.2 Å². The molecule has 2 aromatic rings. The number of hydrogen-bond donors (Lipinski definition) is 1. The van der Waals surface area contributed by atoms with Crippen molar-refractivity contribution in [3.05, 3.63) is 20.8 Å². The lowest BCUT2D eigenvalue weighted by Gasteiger charge is -2.16. The third kappa shape index (κ3) is 5.78. The van der Waals surface area contributed by atoms with E-state index in [0.29, 0.717) is 11.7 Å². The molecule has 2 aliphatic rings. The lowest BCUT2D eigenvalue weighted by Crippen LogP contribution is -2.39. The van der Waals surface area contributed by atoms with Gasteiger partial charge in [0.05, 0.1) is 17.7 Å². The molecule has 0 saturated carbocycles. The van der Waals surface area contributed by atoms with Crippen LogP contribution in [0, 0.1) is 0 Å². The van der Waals surface area contributed by atoms with E-state index >= 15 is 0 Å². The van der Waals surface area contributed by atoms with Gasteiger partial charge in [0.2, 0.25) is 11.8 Å². The standard InChI is InChI=1S/C23H33N5O3S2/c1-26(2)10-7-13-28-22(31)20-16-8-3-4-9-17(16)33-21(20)25-23(28)32-15-18(29)24-14-19(30)27-11-5-6-12-27/h3-15H2,1-2H3,(H,24,29). The first-order valence-electron chi connectivity index (χ1n) is 11.8. The van der Waals surface area contributed by atoms with Gasteiger partial charge in [-0.3, -0.25) is 19.0 Å². The largest absolute Gasteiger partial charge is 0.346 e. The molecule has 0 bridgehead atoms. The number of fused-ring (bicyclic) bond motifs is 3. The van der Waals surface area contributed by atoms with Crippen molar-refractivity contribution in [2.24, 2.45) is 0 Å². The van der Waals surface area contributed by atoms with Crippen molar-refractivity contribution in [3.8, 4) is 0 Å². The molecule has 0 radical (unpaired) electrons. The van der Waals surface area contributed by atoms with Crippen molar-refractivity contribution in [2.45, 2.75) is 56.6 Å². The Morgan fingerprint density at radius 1 is 1.15 bits per heavy atom. The summed E-state index contributed by atoms with van der Waals surface area (Å²) in [6, 6.07) is 0. The zero-order chi connectivity index (χ0) is 23.4. The number of rotatable bonds is 9. The van der Waals surface area contributed by atoms with Crippen LogP contribution in [0.25, 0.3) is 10.2 Å². The van der Waals surface area contributed by atoms with E-state index < -0.39 is 0 Å². The number of nitrogens with one attached hydrogen (secondary N) is 1. The van der Waals surface area contributed by atoms with Gasteiger partial charge in [-0.2, -0.15) is 0 Å². The molecule has 1 saturated heterocycles. The molecule has 4 rings (SSSR count). The summed E-state index contributed by atoms with van der Waals surface area (Å²) in [5, 5.41) is 4.10. The van der Waals surface area contributed by atoms with Gasteiger partial charge in [-0.05, 0) is 71.1 Å². The smallest absolute Gasteiger partial charge is 0.263 e. The van der Waals surface area contributed by atoms with Crippen molar-refractivity contribution in [1.82, 2.24) is 24.7 Å². The van der Waals surface area contributed by atoms with Crippen LogP contribution in [0.5, 0.6) is 0 Å². The molecular weight excluding hydrogens is 458 g/mol. The van der Waals surface area contributed by atoms with Crippen LogP contribution in [0.15, 0.2) is 9.95 Å². The van der Waals surface area contributed by atoms with Gasteiger partial charge < -0.3 is 15.1 Å². The molecule has 3 heterocycles. The van der Waals surface area contributed by atoms with Crippen molar-refractivity contribution < 1.29 is 9.59 Å². The van der Waals surface area contributed by atoms with Gasteiger partial charge in [0.15, 0.2) is 5.16 Å². The van der Waals surface area contributed by atoms with Crippen LogP contribution in [0.1, 0.15) is 42.5 Å². The summed E-state index contributed by atoms with van der Waals surface area (Å²) in [4.78, 5) is 49.0. The van der Waals surface area contributed by atoms with Gasteiger partial charge in [0.25, 0.3) is 5.56 Å². The highest BCUT2D eigenvalue weighted by molar-refractivity contribution is 7.99. The number of amides is 2. The normalized spacial score (nSPS) is 15.9. The van der Waals surface area contributed by atoms with Gasteiger partial charge in [-0.25, -0.2) is 4.98 Å². The Morgan fingerprint density at radius 3 is 2.67 bits per heavy atom. The number of likely N-dealkylation sites (tertiary alicyclic amines) is 1. The molecule has 1 aliphatic carbocycles. The average Bonchev–Trinajstić information content (AvgIpc) is 3.45. The lowest BCUT2D eigenvalue weighted by molar-refractivity contribution is -0.131. The number of hydrogen-bond acceptors (Lipinski definition) is 7. The first-order valence-corrected chi connectivity index (χ1v) is 13.6. The Labute approximate surface area is 202 Å². The highest BCUT2D eigenvalue weighted by Crippen LogP contribution is 2.34. The zero-order valence-corrected chi connectivity index (χ0v) is 21.2. The highest BCUT2D eigenvalue weighted by atomic mass is 32.2. The fourth-order valence-corrected chi connectivity index (χ4v) is 6.66. The van der Waals surface area contributed by atoms with Crippen LogP contribution in [-0.2, 0) is 29.0 Å². The molecule has 10 heteroatoms. The van der Waals surface area contributed by atoms with Crippen molar-refractivity contribution in [3.63, 3.8) is 0 Å². The van der Waals surface area contributed by atoms with Crippen LogP contribution in [0.2, 0.25) is 0 Å². The maximum atomic E-state index is 13.5. The van der Waals surface area contributed by atoms with Gasteiger partial charge in [0.1, 0.15) is 4.83 Å². The Balaban J connectivity index is 1.49. The van der Waals surface area contributed by atoms with Gasteiger partial charge in [0, 0.05) is 24.5 Å². The Morgan fingerprint density at radius 2 is 1.91 bits per heavy atom. The second-order valence-electron chi connectivity index (χ2n) is 9.05. The minimum absolute atomic E-state index is 0.0188. The summed E-state index contributed by atoms with van der Waals surface area (Å²) < 4.78 is 1.75. The van der Waals surface area contributed by atoms with E-state index in [4.69, 9.17) is 4.98 Å². The van der Waals surface area contributed by atoms with E-state index in [1.807, 2.05) is 14.1 Å². The van der Waals surface area contributed by atoms with Crippen molar-refractivity contribution in [1.29, 1.82) is 0 Å². The van der Waals surface area contributed by atoms with Crippen LogP contribution in [-0.4, -0.2) is 77.2 Å². The molecule has 33 heavy (non-hydrogen) atoms. The summed E-state index contributed by atoms with van der Waals surface area (Å²) in [5.41, 5.74) is 1.21. The first kappa shape index (κ1) is 24.2. The molecule has 0 aromatic carbocycles. The molecule has 1 N–H and O–H groups in total. The minimum atomic E-state index is -0.216. The third-order valence-electron chi connectivity index (χ3n) is 6.25. The Hall–Kier alpha value is -1.91. The predicted molar refractivity (Wildman–Crippen MR) is 133 cm³/mol. The van der Waals surface area contributed by atoms with Gasteiger partial charge in [-0.15, -0.1) is 11.3 Å². The Bertz CT molecular complexity index is 1070. The van der Waals surface area contributed by atoms with E-state index in [1.165, 1.54) is 22.2 Å². The fraction of sp³-hybridized carbons (Fsp3) is 0.652. The lowest BCUT2D eigenvalue weighted by atomic mass is 9.97. The molecule has 1 fully saturated rings. The van der Waals surface area contributed by atoms with E-state index in [0.717, 1.165) is 74.8 Å². The zero-order valence-electron chi connectivity index (χ0n) is 19.5. The fourth-order valence-electron chi connectivity index (χ4n) is 4.51. The maximum Gasteiger partial charge on any atom is 0.263 e. The van der Waals surface area contributed by atoms with E-state index in [-0.39, 0.29) is 29.7 Å². The molecule has 180 valence electrons. The van der Waals surface area contributed by atoms with E-state index in [1.54, 1.807) is 20.8 Å². The summed E-state index contributed by atoms with van der Waals surface area (Å²) in [6.07, 6.45) is 7.13. The monoisotopic (exact) mass is 491 g/mol. The summed E-state index contributed by atoms with van der Waals surface area (Å²) in [6.45, 7) is 3.02. The van der Waals surface area contributed by atoms with Crippen LogP contribution in [0.3, 0.4) is 0 Å². The second-order valence-corrected chi connectivity index (χ2v) is 11.1. The molecule has 0 spiro atoms. The second kappa shape index (κ2) is 11.0. The highest BCUT2D eigenvalue weighted by Gasteiger charge is 2.23. The van der Waals surface area contributed by atoms with Gasteiger partial charge >= 0.3 is 0 Å². The average molecular weight is 492 g/mol. The molecule has 2 amide bonds. The minimum Gasteiger partial charge on any atom is -0.346 e. The van der Waals surface area contributed by atoms with Crippen molar-refractivity contribution >= 4 is 45.1 Å². The number of aromatic nitrogens is 2. The van der Waals surface area contributed by atoms with Crippen LogP contribution >= 0.6 is 23.1 Å². The van der Waals surface area contributed by atoms with Crippen molar-refractivity contribution in [2.75, 3.05) is 46.0 Å². The number of carbonyl (C=O) groups is 2. The summed E-state index contributed by atoms with van der Waals surface area (Å²) in [5.74, 6) is -0.119. The third-order valence-corrected chi connectivity index (χ3v) is 8.42. The number of aryl methyl sites for hydroxylation is 2. The van der Waals surface area contributed by atoms with Crippen LogP contribution in [0.4, 0.5) is 0 Å². The predicted octanol–water partition coefficient (Wildman–Crippen LogP) is 2.12. The quantitative estimate of drug-likeness (QED) is 0.427. The SMILES string of the molecule is CN(C)CCCn1c(SCC(=O)NCC(=O)N2CCCC2)nc2sc3c(c2c1=O)CCCC3. The number of nitrogens with zero attached hydrogens (tertiary/aromatic N) is 4. The number of thioether (sulfide) groups is 1. The van der Waals surface area contributed by atoms with Gasteiger partial charge in [-0.1, -0.05) is 11.8 Å². The maximum absolute atomic E-state index is 13.5. The molecule has 1 aliphatic heterocycles. The molecule has 0 unspecified atom stereocenters. The van der Waals surface area contributed by atoms with E-state index in [9.17, 15) is 14.4 Å². The first-order chi connectivity index (χ1) is 15.9. The number of carbonyl (C=O) groups excluding carboxylic acids is 2. The molecule has 2 aromatic heterocycles. The molecule has 0 atom stereocenters. The Kier molecular flexibility index (Phi) is 8.08. The number of thiophene rings is 1. The summed E-state index contributed by atoms with van der Waals surface area (Å²) in [7, 11) is 4.03. The topological polar surface area (TPSA) is 87.5 Å².